The minimum absolute atomic E-state index is 0.797. The van der Waals surface area contributed by atoms with E-state index < -0.39 is 0 Å². The monoisotopic (exact) mass is 301 g/mol. The summed E-state index contributed by atoms with van der Waals surface area (Å²) in [4.78, 5) is 1.26. The van der Waals surface area contributed by atoms with Crippen LogP contribution in [0.2, 0.25) is 0 Å². The second kappa shape index (κ2) is 6.41. The van der Waals surface area contributed by atoms with Crippen molar-refractivity contribution in [2.24, 2.45) is 0 Å². The maximum Gasteiger partial charge on any atom is 0.161 e. The standard InChI is InChI=1S/C17H19NO2S/c1-19-15-10-14-8-9-18(12-13-6-4-3-5-7-13)21-17(14)11-16(15)20-2/h3-7,10-11H,8-9,12H2,1-2H3. The van der Waals surface area contributed by atoms with Gasteiger partial charge in [0.25, 0.3) is 0 Å². The predicted molar refractivity (Wildman–Crippen MR) is 86.0 cm³/mol. The second-order valence-corrected chi connectivity index (χ2v) is 6.14. The highest BCUT2D eigenvalue weighted by molar-refractivity contribution is 7.97. The van der Waals surface area contributed by atoms with Crippen molar-refractivity contribution in [1.29, 1.82) is 0 Å². The predicted octanol–water partition coefficient (Wildman–Crippen LogP) is 3.77. The van der Waals surface area contributed by atoms with Gasteiger partial charge in [0.1, 0.15) is 0 Å². The lowest BCUT2D eigenvalue weighted by atomic mass is 10.1. The van der Waals surface area contributed by atoms with E-state index in [0.717, 1.165) is 31.0 Å². The number of fused-ring (bicyclic) bond motifs is 1. The Labute approximate surface area is 130 Å². The molecule has 2 aromatic carbocycles. The molecule has 0 amide bonds. The molecule has 110 valence electrons. The minimum Gasteiger partial charge on any atom is -0.493 e. The number of benzene rings is 2. The first-order valence-electron chi connectivity index (χ1n) is 7.02. The van der Waals surface area contributed by atoms with E-state index in [4.69, 9.17) is 9.47 Å². The Morgan fingerprint density at radius 1 is 1.05 bits per heavy atom. The first-order valence-corrected chi connectivity index (χ1v) is 7.79. The van der Waals surface area contributed by atoms with E-state index in [2.05, 4.69) is 46.8 Å². The molecule has 4 heteroatoms. The first-order chi connectivity index (χ1) is 10.3. The molecule has 0 aliphatic carbocycles. The van der Waals surface area contributed by atoms with Gasteiger partial charge in [-0.25, -0.2) is 4.31 Å². The average Bonchev–Trinajstić information content (AvgIpc) is 2.54. The number of hydrogen-bond donors (Lipinski definition) is 0. The van der Waals surface area contributed by atoms with Crippen molar-refractivity contribution in [1.82, 2.24) is 4.31 Å². The summed E-state index contributed by atoms with van der Waals surface area (Å²) >= 11 is 1.80. The summed E-state index contributed by atoms with van der Waals surface area (Å²) in [5.41, 5.74) is 2.68. The lowest BCUT2D eigenvalue weighted by molar-refractivity contribution is 0.352. The van der Waals surface area contributed by atoms with Crippen LogP contribution in [0.3, 0.4) is 0 Å². The van der Waals surface area contributed by atoms with Gasteiger partial charge in [0.2, 0.25) is 0 Å². The van der Waals surface area contributed by atoms with E-state index >= 15 is 0 Å². The number of rotatable bonds is 4. The number of nitrogens with zero attached hydrogens (tertiary/aromatic N) is 1. The van der Waals surface area contributed by atoms with Crippen LogP contribution in [-0.2, 0) is 13.0 Å². The van der Waals surface area contributed by atoms with Crippen molar-refractivity contribution < 1.29 is 9.47 Å². The molecule has 21 heavy (non-hydrogen) atoms. The zero-order valence-corrected chi connectivity index (χ0v) is 13.2. The molecule has 2 aromatic rings. The van der Waals surface area contributed by atoms with Gasteiger partial charge in [0, 0.05) is 18.0 Å². The van der Waals surface area contributed by atoms with E-state index in [9.17, 15) is 0 Å². The van der Waals surface area contributed by atoms with Crippen molar-refractivity contribution in [3.05, 3.63) is 53.6 Å². The number of hydrogen-bond acceptors (Lipinski definition) is 4. The highest BCUT2D eigenvalue weighted by Crippen LogP contribution is 2.39. The molecule has 0 N–H and O–H groups in total. The van der Waals surface area contributed by atoms with Crippen LogP contribution in [0.15, 0.2) is 47.4 Å². The number of methoxy groups -OCH3 is 2. The zero-order chi connectivity index (χ0) is 14.7. The molecule has 1 aliphatic heterocycles. The molecule has 0 atom stereocenters. The van der Waals surface area contributed by atoms with E-state index in [1.54, 1.807) is 26.2 Å². The summed E-state index contributed by atoms with van der Waals surface area (Å²) in [5, 5.41) is 0. The third kappa shape index (κ3) is 3.17. The van der Waals surface area contributed by atoms with Crippen molar-refractivity contribution in [2.75, 3.05) is 20.8 Å². The topological polar surface area (TPSA) is 21.7 Å². The summed E-state index contributed by atoms with van der Waals surface area (Å²) in [6.45, 7) is 2.00. The fourth-order valence-corrected chi connectivity index (χ4v) is 3.62. The van der Waals surface area contributed by atoms with Gasteiger partial charge in [0.05, 0.1) is 14.2 Å². The van der Waals surface area contributed by atoms with Gasteiger partial charge >= 0.3 is 0 Å². The molecule has 0 saturated carbocycles. The molecular formula is C17H19NO2S. The highest BCUT2D eigenvalue weighted by Gasteiger charge is 2.20. The Morgan fingerprint density at radius 3 is 2.48 bits per heavy atom. The molecule has 0 fully saturated rings. The van der Waals surface area contributed by atoms with Crippen LogP contribution in [0.4, 0.5) is 0 Å². The summed E-state index contributed by atoms with van der Waals surface area (Å²) in [7, 11) is 3.36. The minimum atomic E-state index is 0.797. The summed E-state index contributed by atoms with van der Waals surface area (Å²) < 4.78 is 13.2. The third-order valence-corrected chi connectivity index (χ3v) is 4.77. The largest absolute Gasteiger partial charge is 0.493 e. The third-order valence-electron chi connectivity index (χ3n) is 3.63. The molecule has 3 rings (SSSR count). The van der Waals surface area contributed by atoms with Gasteiger partial charge in [-0.05, 0) is 41.6 Å². The second-order valence-electron chi connectivity index (χ2n) is 5.01. The van der Waals surface area contributed by atoms with Gasteiger partial charge in [-0.3, -0.25) is 0 Å². The van der Waals surface area contributed by atoms with E-state index in [-0.39, 0.29) is 0 Å². The lowest BCUT2D eigenvalue weighted by Gasteiger charge is -2.28. The van der Waals surface area contributed by atoms with E-state index in [1.807, 2.05) is 0 Å². The van der Waals surface area contributed by atoms with Crippen LogP contribution in [0.5, 0.6) is 11.5 Å². The fraction of sp³-hybridized carbons (Fsp3) is 0.294. The Balaban J connectivity index is 1.78. The van der Waals surface area contributed by atoms with E-state index in [1.165, 1.54) is 16.0 Å². The van der Waals surface area contributed by atoms with Crippen LogP contribution in [-0.4, -0.2) is 25.1 Å². The Kier molecular flexibility index (Phi) is 4.36. The molecular weight excluding hydrogens is 282 g/mol. The Morgan fingerprint density at radius 2 is 1.76 bits per heavy atom. The van der Waals surface area contributed by atoms with E-state index in [0.29, 0.717) is 0 Å². The van der Waals surface area contributed by atoms with Crippen LogP contribution < -0.4 is 9.47 Å². The van der Waals surface area contributed by atoms with Crippen molar-refractivity contribution >= 4 is 11.9 Å². The van der Waals surface area contributed by atoms with Crippen LogP contribution in [0.1, 0.15) is 11.1 Å². The smallest absolute Gasteiger partial charge is 0.161 e. The molecule has 1 heterocycles. The SMILES string of the molecule is COc1cc2c(cc1OC)SN(Cc1ccccc1)CC2. The van der Waals surface area contributed by atoms with Gasteiger partial charge in [-0.15, -0.1) is 0 Å². The summed E-state index contributed by atoms with van der Waals surface area (Å²) in [6.07, 6.45) is 1.04. The van der Waals surface area contributed by atoms with Crippen LogP contribution in [0.25, 0.3) is 0 Å². The molecule has 0 spiro atoms. The molecule has 0 aromatic heterocycles. The Hall–Kier alpha value is -1.65. The fourth-order valence-electron chi connectivity index (χ4n) is 2.51. The normalized spacial score (nSPS) is 14.6. The highest BCUT2D eigenvalue weighted by atomic mass is 32.2. The van der Waals surface area contributed by atoms with Crippen molar-refractivity contribution in [3.8, 4) is 11.5 Å². The maximum atomic E-state index is 5.40. The quantitative estimate of drug-likeness (QED) is 0.801. The van der Waals surface area contributed by atoms with Crippen molar-refractivity contribution in [2.45, 2.75) is 17.9 Å². The zero-order valence-electron chi connectivity index (χ0n) is 12.3. The number of ether oxygens (including phenoxy) is 2. The van der Waals surface area contributed by atoms with Crippen LogP contribution in [0, 0.1) is 0 Å². The Bertz CT molecular complexity index is 616. The average molecular weight is 301 g/mol. The van der Waals surface area contributed by atoms with Gasteiger partial charge < -0.3 is 9.47 Å². The van der Waals surface area contributed by atoms with Crippen LogP contribution >= 0.6 is 11.9 Å². The maximum absolute atomic E-state index is 5.40. The molecule has 0 radical (unpaired) electrons. The van der Waals surface area contributed by atoms with Gasteiger partial charge in [-0.1, -0.05) is 30.3 Å². The summed E-state index contributed by atoms with van der Waals surface area (Å²) in [5.74, 6) is 1.61. The molecule has 0 bridgehead atoms. The summed E-state index contributed by atoms with van der Waals surface area (Å²) in [6, 6.07) is 14.8. The molecule has 1 aliphatic rings. The lowest BCUT2D eigenvalue weighted by Crippen LogP contribution is -2.22. The molecule has 0 unspecified atom stereocenters. The van der Waals surface area contributed by atoms with Crippen molar-refractivity contribution in [3.63, 3.8) is 0 Å². The van der Waals surface area contributed by atoms with Gasteiger partial charge in [0.15, 0.2) is 11.5 Å². The molecule has 3 nitrogen and oxygen atoms in total. The molecule has 0 saturated heterocycles. The van der Waals surface area contributed by atoms with Gasteiger partial charge in [-0.2, -0.15) is 0 Å². The first kappa shape index (κ1) is 14.3.